The molecule has 6 heteroatoms. The number of carbonyl (C=O) groups is 2. The van der Waals surface area contributed by atoms with Crippen molar-refractivity contribution in [1.29, 1.82) is 0 Å². The summed E-state index contributed by atoms with van der Waals surface area (Å²) in [6.07, 6.45) is 1.54. The Morgan fingerprint density at radius 3 is 2.72 bits per heavy atom. The highest BCUT2D eigenvalue weighted by Crippen LogP contribution is 2.22. The molecule has 1 aliphatic rings. The molecule has 2 rings (SSSR count). The number of nitrogens with zero attached hydrogens (tertiary/aromatic N) is 1. The second-order valence-corrected chi connectivity index (χ2v) is 4.46. The van der Waals surface area contributed by atoms with Crippen LogP contribution in [0.3, 0.4) is 0 Å². The van der Waals surface area contributed by atoms with E-state index in [1.807, 2.05) is 0 Å². The van der Waals surface area contributed by atoms with Gasteiger partial charge < -0.3 is 0 Å². The molecular formula is C12H9ClN2O2S. The minimum absolute atomic E-state index is 0.0887. The van der Waals surface area contributed by atoms with Crippen LogP contribution in [-0.2, 0) is 9.59 Å². The molecule has 1 aliphatic heterocycles. The fourth-order valence-electron chi connectivity index (χ4n) is 1.61. The first-order valence-corrected chi connectivity index (χ1v) is 5.91. The number of nitrogens with one attached hydrogen (secondary N) is 1. The molecule has 1 saturated heterocycles. The predicted octanol–water partition coefficient (Wildman–Crippen LogP) is 1.94. The lowest BCUT2D eigenvalue weighted by Gasteiger charge is -2.12. The zero-order valence-electron chi connectivity index (χ0n) is 9.44. The van der Waals surface area contributed by atoms with E-state index in [0.717, 1.165) is 4.90 Å². The van der Waals surface area contributed by atoms with Crippen LogP contribution >= 0.6 is 23.8 Å². The number of amides is 2. The number of hydrogen-bond donors (Lipinski definition) is 1. The van der Waals surface area contributed by atoms with Crippen LogP contribution in [0, 0.1) is 0 Å². The van der Waals surface area contributed by atoms with Crippen LogP contribution in [0.15, 0.2) is 30.0 Å². The molecule has 18 heavy (non-hydrogen) atoms. The van der Waals surface area contributed by atoms with Crippen molar-refractivity contribution in [3.05, 3.63) is 40.5 Å². The molecule has 0 radical (unpaired) electrons. The van der Waals surface area contributed by atoms with Crippen molar-refractivity contribution in [3.8, 4) is 0 Å². The Morgan fingerprint density at radius 2 is 2.11 bits per heavy atom. The summed E-state index contributed by atoms with van der Waals surface area (Å²) in [4.78, 5) is 24.3. The lowest BCUT2D eigenvalue weighted by Crippen LogP contribution is -2.31. The summed E-state index contributed by atoms with van der Waals surface area (Å²) in [5.41, 5.74) is 0.834. The average molecular weight is 281 g/mol. The number of thiocarbonyl (C=S) groups is 1. The minimum Gasteiger partial charge on any atom is -0.297 e. The van der Waals surface area contributed by atoms with Gasteiger partial charge in [-0.1, -0.05) is 29.8 Å². The summed E-state index contributed by atoms with van der Waals surface area (Å²) in [5.74, 6) is -0.730. The van der Waals surface area contributed by atoms with Gasteiger partial charge in [-0.3, -0.25) is 19.8 Å². The van der Waals surface area contributed by atoms with Crippen molar-refractivity contribution < 1.29 is 9.59 Å². The third-order valence-electron chi connectivity index (χ3n) is 2.41. The minimum atomic E-state index is -0.407. The van der Waals surface area contributed by atoms with Gasteiger partial charge in [0.2, 0.25) is 5.91 Å². The Morgan fingerprint density at radius 1 is 1.44 bits per heavy atom. The van der Waals surface area contributed by atoms with Gasteiger partial charge in [-0.25, -0.2) is 0 Å². The normalized spacial score (nSPS) is 17.2. The quantitative estimate of drug-likeness (QED) is 0.632. The van der Waals surface area contributed by atoms with E-state index in [0.29, 0.717) is 10.6 Å². The maximum Gasteiger partial charge on any atom is 0.274 e. The number of halogens is 1. The fraction of sp³-hybridized carbons (Fsp3) is 0.0833. The van der Waals surface area contributed by atoms with Crippen LogP contribution in [0.4, 0.5) is 0 Å². The molecule has 1 N–H and O–H groups in total. The van der Waals surface area contributed by atoms with Gasteiger partial charge in [0.25, 0.3) is 5.91 Å². The van der Waals surface area contributed by atoms with Crippen LogP contribution in [0.5, 0.6) is 0 Å². The van der Waals surface area contributed by atoms with E-state index < -0.39 is 5.91 Å². The number of carbonyl (C=O) groups excluding carboxylic acids is 2. The van der Waals surface area contributed by atoms with Gasteiger partial charge in [0.05, 0.1) is 0 Å². The van der Waals surface area contributed by atoms with E-state index in [1.54, 1.807) is 30.3 Å². The molecule has 1 fully saturated rings. The molecule has 92 valence electrons. The second kappa shape index (κ2) is 4.88. The molecule has 0 saturated carbocycles. The molecule has 0 bridgehead atoms. The SMILES string of the molecule is CC(=O)N1C(=S)NC(=O)/C1=C/c1ccccc1Cl. The standard InChI is InChI=1S/C12H9ClN2O2S/c1-7(16)15-10(11(17)14-12(15)18)6-8-4-2-3-5-9(8)13/h2-6H,1H3,(H,14,17,18)/b10-6-. The zero-order valence-corrected chi connectivity index (χ0v) is 11.0. The van der Waals surface area contributed by atoms with Gasteiger partial charge in [-0.15, -0.1) is 0 Å². The van der Waals surface area contributed by atoms with E-state index in [9.17, 15) is 9.59 Å². The zero-order chi connectivity index (χ0) is 13.3. The average Bonchev–Trinajstić information content (AvgIpc) is 2.57. The van der Waals surface area contributed by atoms with Crippen molar-refractivity contribution in [2.24, 2.45) is 0 Å². The Balaban J connectivity index is 2.48. The molecular weight excluding hydrogens is 272 g/mol. The van der Waals surface area contributed by atoms with Gasteiger partial charge in [0.15, 0.2) is 5.11 Å². The third kappa shape index (κ3) is 2.27. The van der Waals surface area contributed by atoms with Crippen LogP contribution in [-0.4, -0.2) is 21.8 Å². The van der Waals surface area contributed by atoms with Gasteiger partial charge in [-0.2, -0.15) is 0 Å². The molecule has 1 aromatic carbocycles. The van der Waals surface area contributed by atoms with Gasteiger partial charge in [-0.05, 0) is 29.9 Å². The topological polar surface area (TPSA) is 49.4 Å². The lowest BCUT2D eigenvalue weighted by atomic mass is 10.2. The maximum atomic E-state index is 11.7. The van der Waals surface area contributed by atoms with Crippen LogP contribution < -0.4 is 5.32 Å². The molecule has 1 aromatic rings. The summed E-state index contributed by atoms with van der Waals surface area (Å²) >= 11 is 10.9. The third-order valence-corrected chi connectivity index (χ3v) is 3.04. The number of benzene rings is 1. The van der Waals surface area contributed by atoms with Crippen molar-refractivity contribution in [1.82, 2.24) is 10.2 Å². The van der Waals surface area contributed by atoms with Crippen molar-refractivity contribution >= 4 is 46.8 Å². The maximum absolute atomic E-state index is 11.7. The van der Waals surface area contributed by atoms with Crippen LogP contribution in [0.25, 0.3) is 6.08 Å². The first-order valence-electron chi connectivity index (χ1n) is 5.13. The molecule has 0 aromatic heterocycles. The molecule has 0 spiro atoms. The van der Waals surface area contributed by atoms with Crippen molar-refractivity contribution in [3.63, 3.8) is 0 Å². The van der Waals surface area contributed by atoms with Crippen LogP contribution in [0.2, 0.25) is 5.02 Å². The Bertz CT molecular complexity index is 583. The van der Waals surface area contributed by atoms with E-state index >= 15 is 0 Å². The first kappa shape index (κ1) is 12.7. The summed E-state index contributed by atoms with van der Waals surface area (Å²) < 4.78 is 0. The van der Waals surface area contributed by atoms with Crippen LogP contribution in [0.1, 0.15) is 12.5 Å². The Labute approximate surface area is 114 Å². The molecule has 2 amide bonds. The van der Waals surface area contributed by atoms with E-state index in [2.05, 4.69) is 5.32 Å². The summed E-state index contributed by atoms with van der Waals surface area (Å²) in [5, 5.41) is 3.01. The lowest BCUT2D eigenvalue weighted by molar-refractivity contribution is -0.125. The number of hydrogen-bond acceptors (Lipinski definition) is 3. The smallest absolute Gasteiger partial charge is 0.274 e. The monoisotopic (exact) mass is 280 g/mol. The summed E-state index contributed by atoms with van der Waals surface area (Å²) in [6, 6.07) is 7.04. The van der Waals surface area contributed by atoms with Crippen molar-refractivity contribution in [2.45, 2.75) is 6.92 Å². The molecule has 4 nitrogen and oxygen atoms in total. The number of rotatable bonds is 1. The highest BCUT2D eigenvalue weighted by molar-refractivity contribution is 7.80. The first-order chi connectivity index (χ1) is 8.50. The summed E-state index contributed by atoms with van der Waals surface area (Å²) in [7, 11) is 0. The van der Waals surface area contributed by atoms with Gasteiger partial charge >= 0.3 is 0 Å². The summed E-state index contributed by atoms with van der Waals surface area (Å²) in [6.45, 7) is 1.34. The highest BCUT2D eigenvalue weighted by Gasteiger charge is 2.32. The predicted molar refractivity (Wildman–Crippen MR) is 72.7 cm³/mol. The fourth-order valence-corrected chi connectivity index (χ4v) is 2.12. The second-order valence-electron chi connectivity index (χ2n) is 3.66. The molecule has 1 heterocycles. The van der Waals surface area contributed by atoms with Gasteiger partial charge in [0, 0.05) is 11.9 Å². The molecule has 0 atom stereocenters. The van der Waals surface area contributed by atoms with E-state index in [4.69, 9.17) is 23.8 Å². The Kier molecular flexibility index (Phi) is 3.45. The van der Waals surface area contributed by atoms with E-state index in [1.165, 1.54) is 6.92 Å². The van der Waals surface area contributed by atoms with E-state index in [-0.39, 0.29) is 16.7 Å². The molecule has 0 aliphatic carbocycles. The van der Waals surface area contributed by atoms with Crippen molar-refractivity contribution in [2.75, 3.05) is 0 Å². The Hall–Kier alpha value is -1.72. The highest BCUT2D eigenvalue weighted by atomic mass is 35.5. The largest absolute Gasteiger partial charge is 0.297 e. The van der Waals surface area contributed by atoms with Gasteiger partial charge in [0.1, 0.15) is 5.70 Å². The molecule has 0 unspecified atom stereocenters.